The molecule has 1 unspecified atom stereocenters. The molecular formula is C12H19ClN2O2. The van der Waals surface area contributed by atoms with Crippen LogP contribution >= 0.6 is 11.6 Å². The largest absolute Gasteiger partial charge is 0.395 e. The number of halogens is 1. The summed E-state index contributed by atoms with van der Waals surface area (Å²) in [6, 6.07) is 7.46. The first-order chi connectivity index (χ1) is 8.22. The van der Waals surface area contributed by atoms with E-state index >= 15 is 0 Å². The molecule has 0 fully saturated rings. The van der Waals surface area contributed by atoms with Crippen molar-refractivity contribution in [3.05, 3.63) is 34.9 Å². The molecule has 17 heavy (non-hydrogen) atoms. The Bertz CT molecular complexity index is 313. The van der Waals surface area contributed by atoms with Crippen LogP contribution in [0.15, 0.2) is 24.3 Å². The summed E-state index contributed by atoms with van der Waals surface area (Å²) in [5.74, 6) is 0. The number of hydrogen-bond acceptors (Lipinski definition) is 4. The summed E-state index contributed by atoms with van der Waals surface area (Å²) in [4.78, 5) is 1.96. The van der Waals surface area contributed by atoms with Crippen LogP contribution < -0.4 is 5.73 Å². The maximum absolute atomic E-state index is 9.01. The minimum atomic E-state index is -0.00781. The van der Waals surface area contributed by atoms with E-state index in [9.17, 15) is 0 Å². The maximum atomic E-state index is 9.01. The lowest BCUT2D eigenvalue weighted by molar-refractivity contribution is 0.124. The van der Waals surface area contributed by atoms with Gasteiger partial charge in [-0.1, -0.05) is 23.7 Å². The number of rotatable bonds is 7. The number of hydrogen-bond donors (Lipinski definition) is 3. The van der Waals surface area contributed by atoms with Crippen LogP contribution in [0.4, 0.5) is 0 Å². The summed E-state index contributed by atoms with van der Waals surface area (Å²) in [5.41, 5.74) is 6.81. The highest BCUT2D eigenvalue weighted by Crippen LogP contribution is 2.21. The van der Waals surface area contributed by atoms with Crippen molar-refractivity contribution in [2.75, 3.05) is 32.8 Å². The van der Waals surface area contributed by atoms with Crippen LogP contribution in [0.5, 0.6) is 0 Å². The van der Waals surface area contributed by atoms with E-state index in [0.29, 0.717) is 24.7 Å². The molecule has 0 bridgehead atoms. The van der Waals surface area contributed by atoms with Gasteiger partial charge in [-0.3, -0.25) is 4.90 Å². The molecule has 0 radical (unpaired) electrons. The Morgan fingerprint density at radius 1 is 1.12 bits per heavy atom. The van der Waals surface area contributed by atoms with Gasteiger partial charge in [-0.2, -0.15) is 0 Å². The molecule has 0 aromatic heterocycles. The predicted molar refractivity (Wildman–Crippen MR) is 69.0 cm³/mol. The second-order valence-corrected chi connectivity index (χ2v) is 4.22. The summed E-state index contributed by atoms with van der Waals surface area (Å²) in [6.45, 7) is 1.51. The smallest absolute Gasteiger partial charge is 0.0558 e. The highest BCUT2D eigenvalue weighted by atomic mass is 35.5. The molecule has 96 valence electrons. The molecule has 0 heterocycles. The standard InChI is InChI=1S/C12H19ClN2O2/c13-11-3-1-10(2-4-11)12(9-14)15(5-7-16)6-8-17/h1-4,12,16-17H,5-9,14H2. The van der Waals surface area contributed by atoms with Gasteiger partial charge in [0.2, 0.25) is 0 Å². The molecule has 5 heteroatoms. The van der Waals surface area contributed by atoms with Crippen LogP contribution in [0.25, 0.3) is 0 Å². The molecule has 1 aromatic rings. The normalized spacial score (nSPS) is 13.0. The summed E-state index contributed by atoms with van der Waals surface area (Å²) < 4.78 is 0. The fourth-order valence-corrected chi connectivity index (χ4v) is 1.99. The Morgan fingerprint density at radius 2 is 1.65 bits per heavy atom. The van der Waals surface area contributed by atoms with Crippen LogP contribution in [-0.4, -0.2) is 48.0 Å². The van der Waals surface area contributed by atoms with E-state index in [1.807, 2.05) is 29.2 Å². The lowest BCUT2D eigenvalue weighted by Gasteiger charge is -2.30. The maximum Gasteiger partial charge on any atom is 0.0558 e. The van der Waals surface area contributed by atoms with Crippen molar-refractivity contribution in [1.82, 2.24) is 4.90 Å². The third kappa shape index (κ3) is 4.26. The van der Waals surface area contributed by atoms with Gasteiger partial charge in [0.05, 0.1) is 13.2 Å². The minimum Gasteiger partial charge on any atom is -0.395 e. The van der Waals surface area contributed by atoms with E-state index in [2.05, 4.69) is 0 Å². The summed E-state index contributed by atoms with van der Waals surface area (Å²) in [6.07, 6.45) is 0. The minimum absolute atomic E-state index is 0.00781. The van der Waals surface area contributed by atoms with Crippen LogP contribution in [-0.2, 0) is 0 Å². The molecule has 0 aliphatic carbocycles. The van der Waals surface area contributed by atoms with Crippen LogP contribution in [0, 0.1) is 0 Å². The van der Waals surface area contributed by atoms with Gasteiger partial charge < -0.3 is 15.9 Å². The lowest BCUT2D eigenvalue weighted by Crippen LogP contribution is -2.37. The third-order valence-electron chi connectivity index (χ3n) is 2.69. The molecule has 4 N–H and O–H groups in total. The van der Waals surface area contributed by atoms with Crippen molar-refractivity contribution in [1.29, 1.82) is 0 Å². The molecule has 0 saturated heterocycles. The fourth-order valence-electron chi connectivity index (χ4n) is 1.86. The molecule has 1 atom stereocenters. The van der Waals surface area contributed by atoms with E-state index in [1.54, 1.807) is 0 Å². The van der Waals surface area contributed by atoms with Crippen molar-refractivity contribution in [2.45, 2.75) is 6.04 Å². The van der Waals surface area contributed by atoms with Crippen molar-refractivity contribution in [3.8, 4) is 0 Å². The Kier molecular flexibility index (Phi) is 6.47. The van der Waals surface area contributed by atoms with Crippen LogP contribution in [0.2, 0.25) is 5.02 Å². The number of aliphatic hydroxyl groups is 2. The van der Waals surface area contributed by atoms with Gasteiger partial charge in [0.1, 0.15) is 0 Å². The van der Waals surface area contributed by atoms with Crippen LogP contribution in [0.1, 0.15) is 11.6 Å². The van der Waals surface area contributed by atoms with Gasteiger partial charge in [0.25, 0.3) is 0 Å². The zero-order valence-electron chi connectivity index (χ0n) is 9.72. The molecule has 1 rings (SSSR count). The number of benzene rings is 1. The molecule has 0 saturated carbocycles. The van der Waals surface area contributed by atoms with E-state index in [0.717, 1.165) is 5.56 Å². The average molecular weight is 259 g/mol. The molecule has 0 aliphatic heterocycles. The SMILES string of the molecule is NCC(c1ccc(Cl)cc1)N(CCO)CCO. The first-order valence-corrected chi connectivity index (χ1v) is 6.02. The van der Waals surface area contributed by atoms with Gasteiger partial charge in [-0.25, -0.2) is 0 Å². The van der Waals surface area contributed by atoms with Gasteiger partial charge in [-0.05, 0) is 17.7 Å². The second-order valence-electron chi connectivity index (χ2n) is 3.79. The van der Waals surface area contributed by atoms with E-state index in [4.69, 9.17) is 27.5 Å². The molecular weight excluding hydrogens is 240 g/mol. The monoisotopic (exact) mass is 258 g/mol. The number of nitrogens with two attached hydrogens (primary N) is 1. The van der Waals surface area contributed by atoms with Crippen molar-refractivity contribution in [3.63, 3.8) is 0 Å². The quantitative estimate of drug-likeness (QED) is 0.671. The van der Waals surface area contributed by atoms with Crippen molar-refractivity contribution >= 4 is 11.6 Å². The van der Waals surface area contributed by atoms with Crippen LogP contribution in [0.3, 0.4) is 0 Å². The Hall–Kier alpha value is -0.650. The molecule has 4 nitrogen and oxygen atoms in total. The third-order valence-corrected chi connectivity index (χ3v) is 2.95. The Balaban J connectivity index is 2.83. The van der Waals surface area contributed by atoms with Gasteiger partial charge in [0.15, 0.2) is 0 Å². The number of nitrogens with zero attached hydrogens (tertiary/aromatic N) is 1. The van der Waals surface area contributed by atoms with Crippen molar-refractivity contribution in [2.24, 2.45) is 5.73 Å². The molecule has 0 aliphatic rings. The molecule has 1 aromatic carbocycles. The topological polar surface area (TPSA) is 69.7 Å². The second kappa shape index (κ2) is 7.63. The zero-order valence-corrected chi connectivity index (χ0v) is 10.5. The van der Waals surface area contributed by atoms with Gasteiger partial charge in [0, 0.05) is 30.7 Å². The molecule has 0 spiro atoms. The zero-order chi connectivity index (χ0) is 12.7. The predicted octanol–water partition coefficient (Wildman–Crippen LogP) is 0.626. The van der Waals surface area contributed by atoms with E-state index in [1.165, 1.54) is 0 Å². The summed E-state index contributed by atoms with van der Waals surface area (Å²) in [7, 11) is 0. The van der Waals surface area contributed by atoms with Crippen molar-refractivity contribution < 1.29 is 10.2 Å². The first-order valence-electron chi connectivity index (χ1n) is 5.64. The van der Waals surface area contributed by atoms with Gasteiger partial charge >= 0.3 is 0 Å². The van der Waals surface area contributed by atoms with E-state index in [-0.39, 0.29) is 19.3 Å². The highest BCUT2D eigenvalue weighted by Gasteiger charge is 2.17. The Morgan fingerprint density at radius 3 is 2.06 bits per heavy atom. The highest BCUT2D eigenvalue weighted by molar-refractivity contribution is 6.30. The average Bonchev–Trinajstić information content (AvgIpc) is 2.33. The van der Waals surface area contributed by atoms with E-state index < -0.39 is 0 Å². The molecule has 0 amide bonds. The Labute approximate surface area is 107 Å². The summed E-state index contributed by atoms with van der Waals surface area (Å²) in [5, 5.41) is 18.7. The lowest BCUT2D eigenvalue weighted by atomic mass is 10.1. The summed E-state index contributed by atoms with van der Waals surface area (Å²) >= 11 is 5.84. The van der Waals surface area contributed by atoms with Gasteiger partial charge in [-0.15, -0.1) is 0 Å². The fraction of sp³-hybridized carbons (Fsp3) is 0.500. The first kappa shape index (κ1) is 14.4. The number of aliphatic hydroxyl groups excluding tert-OH is 2.